The van der Waals surface area contributed by atoms with Gasteiger partial charge in [-0.15, -0.1) is 0 Å². The average molecular weight is 304 g/mol. The Hall–Kier alpha value is -0.887. The van der Waals surface area contributed by atoms with E-state index in [2.05, 4.69) is 36.5 Å². The molecule has 0 bridgehead atoms. The van der Waals surface area contributed by atoms with Gasteiger partial charge in [0, 0.05) is 0 Å². The zero-order valence-corrected chi connectivity index (χ0v) is 10.9. The first-order valence-electron chi connectivity index (χ1n) is 5.19. The predicted molar refractivity (Wildman–Crippen MR) is 59.8 cm³/mol. The van der Waals surface area contributed by atoms with Gasteiger partial charge in [-0.2, -0.15) is 0 Å². The third-order valence-corrected chi connectivity index (χ3v) is 3.10. The number of carbonyl (C=O) groups excluding carboxylic acids is 1. The molecule has 1 aromatic carbocycles. The molecule has 87 valence electrons. The van der Waals surface area contributed by atoms with Gasteiger partial charge in [0.25, 0.3) is 0 Å². The fourth-order valence-corrected chi connectivity index (χ4v) is 1.87. The SMILES string of the molecule is Cc1ccc(C2(CNC([NH-])=O)CC2)cc1.[Ru+]. The van der Waals surface area contributed by atoms with Crippen molar-refractivity contribution in [3.63, 3.8) is 0 Å². The van der Waals surface area contributed by atoms with E-state index in [-0.39, 0.29) is 24.9 Å². The normalized spacial score (nSPS) is 16.1. The number of nitrogens with one attached hydrogen (secondary N) is 2. The van der Waals surface area contributed by atoms with Gasteiger partial charge >= 0.3 is 19.5 Å². The summed E-state index contributed by atoms with van der Waals surface area (Å²) in [5.74, 6) is 0. The molecule has 0 saturated heterocycles. The number of benzene rings is 1. The maximum Gasteiger partial charge on any atom is 1.00 e. The monoisotopic (exact) mass is 305 g/mol. The first kappa shape index (κ1) is 13.2. The third-order valence-electron chi connectivity index (χ3n) is 3.10. The minimum atomic E-state index is -0.687. The molecule has 4 heteroatoms. The molecular weight excluding hydrogens is 289 g/mol. The molecule has 2 rings (SSSR count). The minimum absolute atomic E-state index is 0. The molecule has 1 saturated carbocycles. The second-order valence-corrected chi connectivity index (χ2v) is 4.33. The smallest absolute Gasteiger partial charge is 0.449 e. The van der Waals surface area contributed by atoms with Gasteiger partial charge in [0.15, 0.2) is 0 Å². The van der Waals surface area contributed by atoms with Crippen molar-refractivity contribution in [1.29, 1.82) is 0 Å². The first-order chi connectivity index (χ1) is 7.12. The van der Waals surface area contributed by atoms with E-state index < -0.39 is 6.03 Å². The number of hydrogen-bond acceptors (Lipinski definition) is 1. The van der Waals surface area contributed by atoms with E-state index in [1.54, 1.807) is 0 Å². The average Bonchev–Trinajstić information content (AvgIpc) is 2.97. The molecule has 1 aromatic rings. The minimum Gasteiger partial charge on any atom is -0.449 e. The molecule has 0 heterocycles. The van der Waals surface area contributed by atoms with Crippen molar-refractivity contribution in [2.45, 2.75) is 25.2 Å². The van der Waals surface area contributed by atoms with Gasteiger partial charge in [-0.05, 0) is 37.3 Å². The van der Waals surface area contributed by atoms with Gasteiger partial charge in [-0.25, -0.2) is 0 Å². The Kier molecular flexibility index (Phi) is 4.09. The van der Waals surface area contributed by atoms with Crippen LogP contribution in [0.15, 0.2) is 24.3 Å². The van der Waals surface area contributed by atoms with Gasteiger partial charge < -0.3 is 11.1 Å². The van der Waals surface area contributed by atoms with E-state index >= 15 is 0 Å². The van der Waals surface area contributed by atoms with Crippen LogP contribution in [-0.2, 0) is 24.9 Å². The Morgan fingerprint density at radius 2 is 1.94 bits per heavy atom. The molecule has 2 N–H and O–H groups in total. The zero-order chi connectivity index (χ0) is 10.9. The van der Waals surface area contributed by atoms with E-state index in [1.165, 1.54) is 11.1 Å². The molecule has 1 fully saturated rings. The summed E-state index contributed by atoms with van der Waals surface area (Å²) in [6.45, 7) is 2.66. The molecule has 0 aliphatic heterocycles. The molecule has 3 nitrogen and oxygen atoms in total. The number of rotatable bonds is 3. The Morgan fingerprint density at radius 1 is 1.38 bits per heavy atom. The molecular formula is C12H15N2ORu. The molecule has 1 radical (unpaired) electrons. The third kappa shape index (κ3) is 2.82. The Bertz CT molecular complexity index is 371. The molecule has 0 aromatic heterocycles. The van der Waals surface area contributed by atoms with Crippen molar-refractivity contribution < 1.29 is 24.3 Å². The Labute approximate surface area is 109 Å². The van der Waals surface area contributed by atoms with E-state index in [4.69, 9.17) is 5.73 Å². The molecule has 0 atom stereocenters. The summed E-state index contributed by atoms with van der Waals surface area (Å²) in [4.78, 5) is 10.6. The summed E-state index contributed by atoms with van der Waals surface area (Å²) in [7, 11) is 0. The van der Waals surface area contributed by atoms with Crippen molar-refractivity contribution >= 4 is 6.03 Å². The summed E-state index contributed by atoms with van der Waals surface area (Å²) < 4.78 is 0. The Morgan fingerprint density at radius 3 is 2.38 bits per heavy atom. The largest absolute Gasteiger partial charge is 1.00 e. The number of carbonyl (C=O) groups is 1. The number of amides is 2. The van der Waals surface area contributed by atoms with Crippen LogP contribution >= 0.6 is 0 Å². The van der Waals surface area contributed by atoms with Crippen LogP contribution in [-0.4, -0.2) is 12.6 Å². The van der Waals surface area contributed by atoms with Crippen molar-refractivity contribution in [3.05, 3.63) is 41.1 Å². The van der Waals surface area contributed by atoms with Crippen LogP contribution in [0.5, 0.6) is 0 Å². The van der Waals surface area contributed by atoms with Crippen molar-refractivity contribution in [2.24, 2.45) is 0 Å². The molecule has 0 spiro atoms. The van der Waals surface area contributed by atoms with Crippen LogP contribution in [0.2, 0.25) is 0 Å². The van der Waals surface area contributed by atoms with Crippen LogP contribution in [0.25, 0.3) is 5.73 Å². The number of urea groups is 1. The maximum absolute atomic E-state index is 10.6. The molecule has 2 amide bonds. The van der Waals surface area contributed by atoms with Crippen molar-refractivity contribution in [2.75, 3.05) is 6.54 Å². The van der Waals surface area contributed by atoms with Gasteiger partial charge in [0.05, 0.1) is 0 Å². The van der Waals surface area contributed by atoms with E-state index in [9.17, 15) is 4.79 Å². The van der Waals surface area contributed by atoms with Crippen LogP contribution in [0.3, 0.4) is 0 Å². The summed E-state index contributed by atoms with van der Waals surface area (Å²) in [6, 6.07) is 7.75. The van der Waals surface area contributed by atoms with Gasteiger partial charge in [-0.3, -0.25) is 4.79 Å². The summed E-state index contributed by atoms with van der Waals surface area (Å²) >= 11 is 0. The molecule has 16 heavy (non-hydrogen) atoms. The first-order valence-corrected chi connectivity index (χ1v) is 5.19. The Balaban J connectivity index is 0.00000128. The van der Waals surface area contributed by atoms with Gasteiger partial charge in [-0.1, -0.05) is 29.8 Å². The van der Waals surface area contributed by atoms with Gasteiger partial charge in [0.2, 0.25) is 0 Å². The van der Waals surface area contributed by atoms with E-state index in [0.717, 1.165) is 12.8 Å². The van der Waals surface area contributed by atoms with E-state index in [0.29, 0.717) is 6.54 Å². The molecule has 0 unspecified atom stereocenters. The quantitative estimate of drug-likeness (QED) is 0.858. The second kappa shape index (κ2) is 4.96. The predicted octanol–water partition coefficient (Wildman–Crippen LogP) is 2.79. The number of aryl methyl sites for hydroxylation is 1. The molecule has 1 aliphatic carbocycles. The van der Waals surface area contributed by atoms with Crippen LogP contribution in [0.1, 0.15) is 24.0 Å². The zero-order valence-electron chi connectivity index (χ0n) is 9.19. The van der Waals surface area contributed by atoms with Crippen LogP contribution in [0.4, 0.5) is 4.79 Å². The van der Waals surface area contributed by atoms with Crippen molar-refractivity contribution in [1.82, 2.24) is 5.32 Å². The molecule has 1 aliphatic rings. The number of hydrogen-bond donors (Lipinski definition) is 1. The topological polar surface area (TPSA) is 52.9 Å². The maximum atomic E-state index is 10.6. The summed E-state index contributed by atoms with van der Waals surface area (Å²) in [5.41, 5.74) is 9.48. The summed E-state index contributed by atoms with van der Waals surface area (Å²) in [6.07, 6.45) is 2.21. The standard InChI is InChI=1S/C12H16N2O.Ru/c1-9-2-4-10(5-3-9)12(6-7-12)8-14-11(13)15;/h2-5H,6-8H2,1H3,(H3,13,14,15);/q;+1/p-1. The van der Waals surface area contributed by atoms with Crippen molar-refractivity contribution in [3.8, 4) is 0 Å². The fraction of sp³-hybridized carbons (Fsp3) is 0.417. The second-order valence-electron chi connectivity index (χ2n) is 4.33. The fourth-order valence-electron chi connectivity index (χ4n) is 1.87. The van der Waals surface area contributed by atoms with Gasteiger partial charge in [0.1, 0.15) is 6.03 Å². The summed E-state index contributed by atoms with van der Waals surface area (Å²) in [5, 5.41) is 2.59. The van der Waals surface area contributed by atoms with Crippen LogP contribution < -0.4 is 5.32 Å². The van der Waals surface area contributed by atoms with E-state index in [1.807, 2.05) is 0 Å². The van der Waals surface area contributed by atoms with Crippen LogP contribution in [0, 0.1) is 6.92 Å².